The summed E-state index contributed by atoms with van der Waals surface area (Å²) < 4.78 is 51.1. The molecular formula is C23H37FN7O9P. The number of ether oxygens (including phenoxy) is 3. The van der Waals surface area contributed by atoms with E-state index in [4.69, 9.17) is 24.3 Å². The third-order valence-corrected chi connectivity index (χ3v) is 7.69. The van der Waals surface area contributed by atoms with Gasteiger partial charge in [0.05, 0.1) is 25.4 Å². The van der Waals surface area contributed by atoms with Crippen molar-refractivity contribution in [3.63, 3.8) is 0 Å². The average molecular weight is 606 g/mol. The molecule has 16 nitrogen and oxygen atoms in total. The molecule has 2 unspecified atom stereocenters. The van der Waals surface area contributed by atoms with Crippen LogP contribution in [0.4, 0.5) is 4.39 Å². The third-order valence-electron chi connectivity index (χ3n) is 5.74. The normalized spacial score (nSPS) is 27.2. The maximum Gasteiger partial charge on any atom is 0.342 e. The molecule has 2 aliphatic heterocycles. The van der Waals surface area contributed by atoms with Crippen LogP contribution < -0.4 is 15.5 Å². The number of halogens is 1. The number of carbonyl (C=O) groups excluding carboxylic acids is 3. The van der Waals surface area contributed by atoms with Crippen LogP contribution in [0.2, 0.25) is 0 Å². The molecule has 41 heavy (non-hydrogen) atoms. The van der Waals surface area contributed by atoms with E-state index in [0.29, 0.717) is 0 Å². The minimum Gasteiger partial charge on any atom is -0.462 e. The predicted molar refractivity (Wildman–Crippen MR) is 142 cm³/mol. The molecule has 18 heteroatoms. The van der Waals surface area contributed by atoms with Crippen molar-refractivity contribution in [1.82, 2.24) is 20.4 Å². The van der Waals surface area contributed by atoms with E-state index in [2.05, 4.69) is 32.1 Å². The van der Waals surface area contributed by atoms with Gasteiger partial charge >= 0.3 is 19.6 Å². The molecule has 230 valence electrons. The molecule has 0 aromatic heterocycles. The van der Waals surface area contributed by atoms with Crippen LogP contribution in [0.3, 0.4) is 0 Å². The van der Waals surface area contributed by atoms with Crippen molar-refractivity contribution in [2.24, 2.45) is 5.11 Å². The molecule has 2 heterocycles. The monoisotopic (exact) mass is 605 g/mol. The standard InChI is InChI=1S/C23H37FN7O9P/c1-12(2)38-21(34)14(5)28-41(36,29-15(6)22(35)39-13(3)4)37-11-23(10-26-30-25)19(33)18(24)20(40-23)31-9-8-17(32)27-16(31)7/h8-9,12-15,18-20,33H,7,10-11H2,1-6H3,(H,27,32)(H2,28,29,36)/t14?,15?,18-,19+,20-,23-,41?/m1/s1. The van der Waals surface area contributed by atoms with Crippen molar-refractivity contribution < 1.29 is 47.2 Å². The molecule has 1 amide bonds. The average Bonchev–Trinajstić information content (AvgIpc) is 3.11. The summed E-state index contributed by atoms with van der Waals surface area (Å²) in [6.07, 6.45) is -4.41. The number of hydrogen-bond donors (Lipinski definition) is 4. The lowest BCUT2D eigenvalue weighted by atomic mass is 9.97. The van der Waals surface area contributed by atoms with E-state index in [0.717, 1.165) is 11.0 Å². The van der Waals surface area contributed by atoms with Gasteiger partial charge in [-0.05, 0) is 47.1 Å². The molecule has 0 spiro atoms. The van der Waals surface area contributed by atoms with Gasteiger partial charge in [0.1, 0.15) is 29.6 Å². The van der Waals surface area contributed by atoms with E-state index in [9.17, 15) is 24.1 Å². The number of nitrogens with one attached hydrogen (secondary N) is 3. The van der Waals surface area contributed by atoms with E-state index in [-0.39, 0.29) is 5.82 Å². The number of alkyl halides is 1. The lowest BCUT2D eigenvalue weighted by Crippen LogP contribution is -2.50. The zero-order chi connectivity index (χ0) is 31.1. The zero-order valence-corrected chi connectivity index (χ0v) is 24.5. The molecule has 0 aromatic rings. The molecule has 6 atom stereocenters. The van der Waals surface area contributed by atoms with Gasteiger partial charge in [-0.3, -0.25) is 18.9 Å². The van der Waals surface area contributed by atoms with Gasteiger partial charge < -0.3 is 34.1 Å². The van der Waals surface area contributed by atoms with Crippen LogP contribution in [0.25, 0.3) is 10.4 Å². The Balaban J connectivity index is 2.38. The van der Waals surface area contributed by atoms with Crippen molar-refractivity contribution in [3.8, 4) is 0 Å². The van der Waals surface area contributed by atoms with Crippen molar-refractivity contribution >= 4 is 25.5 Å². The highest BCUT2D eigenvalue weighted by Gasteiger charge is 2.58. The molecule has 2 rings (SSSR count). The van der Waals surface area contributed by atoms with Gasteiger partial charge in [0.25, 0.3) is 5.91 Å². The highest BCUT2D eigenvalue weighted by Crippen LogP contribution is 2.44. The van der Waals surface area contributed by atoms with Crippen molar-refractivity contribution in [2.75, 3.05) is 13.2 Å². The molecule has 0 aromatic carbocycles. The van der Waals surface area contributed by atoms with Crippen molar-refractivity contribution in [1.29, 1.82) is 0 Å². The summed E-state index contributed by atoms with van der Waals surface area (Å²) in [4.78, 5) is 40.2. The Morgan fingerprint density at radius 3 is 2.24 bits per heavy atom. The van der Waals surface area contributed by atoms with Gasteiger partial charge in [0.2, 0.25) is 0 Å². The largest absolute Gasteiger partial charge is 0.462 e. The SMILES string of the molecule is C=C1NC(=O)C=CN1[C@@H]1O[C@](CN=[N+]=[N-])(COP(=O)(NC(C)C(=O)OC(C)C)NC(C)C(=O)OC(C)C)[C@@H](O)[C@H]1F. The van der Waals surface area contributed by atoms with Crippen LogP contribution in [-0.2, 0) is 37.7 Å². The van der Waals surface area contributed by atoms with Crippen LogP contribution in [-0.4, -0.2) is 89.4 Å². The maximum absolute atomic E-state index is 15.4. The van der Waals surface area contributed by atoms with Crippen LogP contribution in [0.5, 0.6) is 0 Å². The summed E-state index contributed by atoms with van der Waals surface area (Å²) in [5, 5.41) is 21.6. The molecule has 4 N–H and O–H groups in total. The summed E-state index contributed by atoms with van der Waals surface area (Å²) in [6.45, 7) is 11.2. The van der Waals surface area contributed by atoms with Crippen molar-refractivity contribution in [3.05, 3.63) is 35.1 Å². The Labute approximate surface area is 236 Å². The smallest absolute Gasteiger partial charge is 0.342 e. The molecular weight excluding hydrogens is 568 g/mol. The fraction of sp³-hybridized carbons (Fsp3) is 0.696. The summed E-state index contributed by atoms with van der Waals surface area (Å²) in [7, 11) is -4.42. The van der Waals surface area contributed by atoms with Crippen LogP contribution >= 0.6 is 7.67 Å². The highest BCUT2D eigenvalue weighted by atomic mass is 31.2. The molecule has 1 fully saturated rings. The molecule has 0 radical (unpaired) electrons. The quantitative estimate of drug-likeness (QED) is 0.0729. The van der Waals surface area contributed by atoms with E-state index < -0.39 is 87.1 Å². The Morgan fingerprint density at radius 1 is 1.24 bits per heavy atom. The third kappa shape index (κ3) is 8.97. The van der Waals surface area contributed by atoms with Crippen LogP contribution in [0.1, 0.15) is 41.5 Å². The first kappa shape index (κ1) is 34.2. The summed E-state index contributed by atoms with van der Waals surface area (Å²) in [5.74, 6) is -2.14. The first-order valence-corrected chi connectivity index (χ1v) is 14.3. The Kier molecular flexibility index (Phi) is 11.9. The predicted octanol–water partition coefficient (Wildman–Crippen LogP) is 1.49. The summed E-state index contributed by atoms with van der Waals surface area (Å²) in [5.41, 5.74) is 6.83. The van der Waals surface area contributed by atoms with Gasteiger partial charge in [-0.25, -0.2) is 14.6 Å². The maximum atomic E-state index is 15.4. The number of aliphatic hydroxyl groups excluding tert-OH is 1. The number of rotatable bonds is 14. The fourth-order valence-electron chi connectivity index (χ4n) is 3.80. The lowest BCUT2D eigenvalue weighted by Gasteiger charge is -2.35. The second kappa shape index (κ2) is 14.2. The number of hydrogen-bond acceptors (Lipinski definition) is 11. The number of amides is 1. The number of nitrogens with zero attached hydrogens (tertiary/aromatic N) is 4. The Bertz CT molecular complexity index is 1100. The van der Waals surface area contributed by atoms with Gasteiger partial charge in [-0.15, -0.1) is 0 Å². The Hall–Kier alpha value is -3.04. The van der Waals surface area contributed by atoms with Gasteiger partial charge in [0, 0.05) is 17.2 Å². The number of carbonyl (C=O) groups is 3. The number of aliphatic hydroxyl groups is 1. The first-order valence-electron chi connectivity index (χ1n) is 12.7. The fourth-order valence-corrected chi connectivity index (χ4v) is 5.65. The second-order valence-electron chi connectivity index (χ2n) is 10.0. The first-order chi connectivity index (χ1) is 19.0. The van der Waals surface area contributed by atoms with E-state index >= 15 is 4.39 Å². The van der Waals surface area contributed by atoms with E-state index in [1.165, 1.54) is 20.0 Å². The van der Waals surface area contributed by atoms with Gasteiger partial charge in [-0.1, -0.05) is 11.7 Å². The summed E-state index contributed by atoms with van der Waals surface area (Å²) in [6, 6.07) is -2.45. The molecule has 1 saturated heterocycles. The minimum atomic E-state index is -4.42. The van der Waals surface area contributed by atoms with E-state index in [1.54, 1.807) is 27.7 Å². The topological polar surface area (TPSA) is 214 Å². The van der Waals surface area contributed by atoms with Gasteiger partial charge in [-0.2, -0.15) is 0 Å². The van der Waals surface area contributed by atoms with Crippen LogP contribution in [0.15, 0.2) is 29.8 Å². The van der Waals surface area contributed by atoms with Crippen molar-refractivity contribution in [2.45, 2.75) is 89.9 Å². The molecule has 0 bridgehead atoms. The zero-order valence-electron chi connectivity index (χ0n) is 23.6. The van der Waals surface area contributed by atoms with Gasteiger partial charge in [0.15, 0.2) is 12.4 Å². The number of azide groups is 1. The highest BCUT2D eigenvalue weighted by molar-refractivity contribution is 7.54. The molecule has 0 aliphatic carbocycles. The van der Waals surface area contributed by atoms with E-state index in [1.807, 2.05) is 0 Å². The van der Waals surface area contributed by atoms with Crippen LogP contribution in [0, 0.1) is 0 Å². The Morgan fingerprint density at radius 2 is 1.78 bits per heavy atom. The minimum absolute atomic E-state index is 0.0539. The molecule has 0 saturated carbocycles. The summed E-state index contributed by atoms with van der Waals surface area (Å²) >= 11 is 0. The number of esters is 2. The lowest BCUT2D eigenvalue weighted by molar-refractivity contribution is -0.149. The second-order valence-corrected chi connectivity index (χ2v) is 11.9. The molecule has 2 aliphatic rings.